The fourth-order valence-corrected chi connectivity index (χ4v) is 5.54. The quantitative estimate of drug-likeness (QED) is 0.705. The van der Waals surface area contributed by atoms with Gasteiger partial charge in [-0.25, -0.2) is 4.98 Å². The largest absolute Gasteiger partial charge is 0.484 e. The Hall–Kier alpha value is -2.61. The highest BCUT2D eigenvalue weighted by Gasteiger charge is 2.47. The molecule has 1 saturated heterocycles. The molecule has 1 amide bonds. The number of thioether (sulfide) groups is 1. The molecule has 0 aliphatic carbocycles. The van der Waals surface area contributed by atoms with Crippen LogP contribution in [0.1, 0.15) is 41.2 Å². The zero-order chi connectivity index (χ0) is 20.2. The third-order valence-electron chi connectivity index (χ3n) is 5.98. The first kappa shape index (κ1) is 18.4. The van der Waals surface area contributed by atoms with Crippen molar-refractivity contribution >= 4 is 23.5 Å². The van der Waals surface area contributed by atoms with E-state index >= 15 is 0 Å². The number of carbonyl (C=O) groups excluding carboxylic acids is 2. The van der Waals surface area contributed by atoms with Crippen LogP contribution >= 0.6 is 11.8 Å². The molecule has 2 aromatic rings. The monoisotopic (exact) mass is 411 g/mol. The van der Waals surface area contributed by atoms with Gasteiger partial charge in [0, 0.05) is 36.9 Å². The highest BCUT2D eigenvalue weighted by atomic mass is 32.2. The Bertz CT molecular complexity index is 1080. The lowest BCUT2D eigenvalue weighted by atomic mass is 9.89. The first-order valence-corrected chi connectivity index (χ1v) is 10.7. The molecule has 0 N–H and O–H groups in total. The number of amides is 1. The Morgan fingerprint density at radius 1 is 1.34 bits per heavy atom. The first-order chi connectivity index (χ1) is 14.0. The van der Waals surface area contributed by atoms with Gasteiger partial charge in [0.25, 0.3) is 5.56 Å². The Morgan fingerprint density at radius 2 is 2.17 bits per heavy atom. The summed E-state index contributed by atoms with van der Waals surface area (Å²) in [5.41, 5.74) is 0.484. The summed E-state index contributed by atoms with van der Waals surface area (Å²) < 4.78 is 7.86. The van der Waals surface area contributed by atoms with Crippen LogP contribution in [0.15, 0.2) is 40.4 Å². The van der Waals surface area contributed by atoms with Crippen molar-refractivity contribution in [3.05, 3.63) is 51.9 Å². The third-order valence-corrected chi connectivity index (χ3v) is 7.09. The fourth-order valence-electron chi connectivity index (χ4n) is 4.43. The second kappa shape index (κ2) is 6.73. The molecule has 3 aliphatic rings. The molecule has 1 spiro atoms. The van der Waals surface area contributed by atoms with E-state index in [2.05, 4.69) is 4.98 Å². The highest BCUT2D eigenvalue weighted by molar-refractivity contribution is 7.99. The number of hydrogen-bond acceptors (Lipinski definition) is 6. The van der Waals surface area contributed by atoms with E-state index in [-0.39, 0.29) is 29.7 Å². The Labute approximate surface area is 172 Å². The minimum Gasteiger partial charge on any atom is -0.484 e. The number of Topliss-reactive ketones (excluding diaryl/α,β-unsaturated/α-hetero) is 1. The summed E-state index contributed by atoms with van der Waals surface area (Å²) in [6.45, 7) is 2.70. The molecule has 4 heterocycles. The van der Waals surface area contributed by atoms with Gasteiger partial charge in [0.05, 0.1) is 24.6 Å². The predicted molar refractivity (Wildman–Crippen MR) is 108 cm³/mol. The van der Waals surface area contributed by atoms with Gasteiger partial charge in [-0.3, -0.25) is 19.0 Å². The molecule has 2 unspecified atom stereocenters. The average Bonchev–Trinajstić information content (AvgIpc) is 3.30. The van der Waals surface area contributed by atoms with E-state index in [9.17, 15) is 14.4 Å². The van der Waals surface area contributed by atoms with Crippen LogP contribution in [-0.4, -0.2) is 50.6 Å². The third kappa shape index (κ3) is 3.06. The Kier molecular flexibility index (Phi) is 4.27. The van der Waals surface area contributed by atoms with Crippen molar-refractivity contribution in [1.82, 2.24) is 14.5 Å². The lowest BCUT2D eigenvalue weighted by Gasteiger charge is -2.34. The van der Waals surface area contributed by atoms with Gasteiger partial charge in [0.15, 0.2) is 10.9 Å². The van der Waals surface area contributed by atoms with Crippen LogP contribution in [0.3, 0.4) is 0 Å². The molecule has 5 rings (SSSR count). The normalized spacial score (nSPS) is 25.1. The van der Waals surface area contributed by atoms with Crippen molar-refractivity contribution in [2.45, 2.75) is 43.0 Å². The minimum atomic E-state index is -0.640. The van der Waals surface area contributed by atoms with Crippen LogP contribution < -0.4 is 10.3 Å². The van der Waals surface area contributed by atoms with Gasteiger partial charge >= 0.3 is 0 Å². The number of likely N-dealkylation sites (tertiary alicyclic amines) is 1. The number of benzene rings is 1. The summed E-state index contributed by atoms with van der Waals surface area (Å²) in [5.74, 6) is 1.32. The Morgan fingerprint density at radius 3 is 3.03 bits per heavy atom. The van der Waals surface area contributed by atoms with Gasteiger partial charge in [0.1, 0.15) is 11.4 Å². The molecule has 150 valence electrons. The van der Waals surface area contributed by atoms with Gasteiger partial charge in [-0.2, -0.15) is 0 Å². The summed E-state index contributed by atoms with van der Waals surface area (Å²) >= 11 is 1.51. The second-order valence-corrected chi connectivity index (χ2v) is 9.00. The lowest BCUT2D eigenvalue weighted by Crippen LogP contribution is -2.45. The van der Waals surface area contributed by atoms with E-state index in [1.54, 1.807) is 28.7 Å². The topological polar surface area (TPSA) is 81.5 Å². The molecule has 7 nitrogen and oxygen atoms in total. The summed E-state index contributed by atoms with van der Waals surface area (Å²) in [6.07, 6.45) is 2.77. The molecule has 0 radical (unpaired) electrons. The van der Waals surface area contributed by atoms with Crippen LogP contribution in [0.4, 0.5) is 0 Å². The zero-order valence-corrected chi connectivity index (χ0v) is 16.9. The van der Waals surface area contributed by atoms with E-state index in [1.165, 1.54) is 11.8 Å². The number of rotatable bonds is 2. The fraction of sp³-hybridized carbons (Fsp3) is 0.429. The molecule has 1 aromatic carbocycles. The molecule has 8 heteroatoms. The molecule has 1 aromatic heterocycles. The van der Waals surface area contributed by atoms with Crippen LogP contribution in [-0.2, 0) is 4.79 Å². The van der Waals surface area contributed by atoms with Crippen LogP contribution in [0.2, 0.25) is 0 Å². The van der Waals surface area contributed by atoms with E-state index in [0.717, 1.165) is 0 Å². The van der Waals surface area contributed by atoms with E-state index in [0.29, 0.717) is 53.7 Å². The van der Waals surface area contributed by atoms with Crippen molar-refractivity contribution in [2.24, 2.45) is 0 Å². The number of hydrogen-bond donors (Lipinski definition) is 0. The van der Waals surface area contributed by atoms with Crippen molar-refractivity contribution in [3.8, 4) is 5.75 Å². The molecule has 0 bridgehead atoms. The molecule has 0 saturated carbocycles. The Balaban J connectivity index is 1.31. The van der Waals surface area contributed by atoms with E-state index < -0.39 is 5.60 Å². The van der Waals surface area contributed by atoms with Crippen molar-refractivity contribution in [2.75, 3.05) is 18.8 Å². The van der Waals surface area contributed by atoms with Gasteiger partial charge in [-0.1, -0.05) is 23.9 Å². The number of fused-ring (bicyclic) bond motifs is 2. The number of ketones is 1. The lowest BCUT2D eigenvalue weighted by molar-refractivity contribution is -0.131. The minimum absolute atomic E-state index is 0.0105. The smallest absolute Gasteiger partial charge is 0.257 e. The molecule has 1 fully saturated rings. The SMILES string of the molecule is Cc1cnc2n(c1=O)C(CC(=O)N1CCC3(CC(=O)c4ccccc4O3)C1)CS2. The van der Waals surface area contributed by atoms with Crippen LogP contribution in [0.25, 0.3) is 0 Å². The van der Waals surface area contributed by atoms with Gasteiger partial charge in [-0.05, 0) is 19.1 Å². The second-order valence-electron chi connectivity index (χ2n) is 8.01. The number of nitrogens with zero attached hydrogens (tertiary/aromatic N) is 3. The summed E-state index contributed by atoms with van der Waals surface area (Å²) in [5, 5.41) is 0.675. The van der Waals surface area contributed by atoms with Crippen molar-refractivity contribution in [3.63, 3.8) is 0 Å². The number of carbonyl (C=O) groups is 2. The zero-order valence-electron chi connectivity index (χ0n) is 16.1. The number of aryl methyl sites for hydroxylation is 1. The molecular weight excluding hydrogens is 390 g/mol. The average molecular weight is 411 g/mol. The van der Waals surface area contributed by atoms with Crippen molar-refractivity contribution < 1.29 is 14.3 Å². The van der Waals surface area contributed by atoms with Gasteiger partial charge in [0.2, 0.25) is 5.91 Å². The first-order valence-electron chi connectivity index (χ1n) is 9.76. The predicted octanol–water partition coefficient (Wildman–Crippen LogP) is 2.23. The van der Waals surface area contributed by atoms with Gasteiger partial charge in [-0.15, -0.1) is 0 Å². The number of ether oxygens (including phenoxy) is 1. The number of aromatic nitrogens is 2. The number of para-hydroxylation sites is 1. The molecule has 2 atom stereocenters. The molecule has 29 heavy (non-hydrogen) atoms. The van der Waals surface area contributed by atoms with Crippen LogP contribution in [0, 0.1) is 6.92 Å². The molecule has 3 aliphatic heterocycles. The maximum absolute atomic E-state index is 13.0. The maximum atomic E-state index is 13.0. The van der Waals surface area contributed by atoms with Crippen molar-refractivity contribution in [1.29, 1.82) is 0 Å². The summed E-state index contributed by atoms with van der Waals surface area (Å²) in [7, 11) is 0. The molecular formula is C21H21N3O4S. The maximum Gasteiger partial charge on any atom is 0.257 e. The summed E-state index contributed by atoms with van der Waals surface area (Å²) in [6, 6.07) is 7.09. The standard InChI is InChI=1S/C21H21N3O4S/c1-13-10-22-20-24(19(13)27)14(11-29-20)8-18(26)23-7-6-21(12-23)9-16(25)15-4-2-3-5-17(15)28-21/h2-5,10,14H,6-9,11-12H2,1H3. The van der Waals surface area contributed by atoms with Crippen LogP contribution in [0.5, 0.6) is 5.75 Å². The summed E-state index contributed by atoms with van der Waals surface area (Å²) in [4.78, 5) is 44.2. The highest BCUT2D eigenvalue weighted by Crippen LogP contribution is 2.39. The van der Waals surface area contributed by atoms with Gasteiger partial charge < -0.3 is 9.64 Å². The van der Waals surface area contributed by atoms with E-state index in [1.807, 2.05) is 18.2 Å². The van der Waals surface area contributed by atoms with E-state index in [4.69, 9.17) is 4.74 Å².